The summed E-state index contributed by atoms with van der Waals surface area (Å²) in [7, 11) is 2.22. The number of rotatable bonds is 7. The molecule has 0 bridgehead atoms. The molecule has 158 valence electrons. The molecule has 1 atom stereocenters. The van der Waals surface area contributed by atoms with Crippen molar-refractivity contribution in [1.82, 2.24) is 15.5 Å². The molecule has 1 unspecified atom stereocenters. The maximum Gasteiger partial charge on any atom is 0.191 e. The number of benzene rings is 2. The molecule has 4 nitrogen and oxygen atoms in total. The maximum absolute atomic E-state index is 4.95. The molecule has 0 spiro atoms. The highest BCUT2D eigenvalue weighted by atomic mass is 127. The number of hydrogen-bond acceptors (Lipinski definition) is 2. The molecule has 0 radical (unpaired) electrons. The van der Waals surface area contributed by atoms with Gasteiger partial charge in [-0.1, -0.05) is 60.7 Å². The van der Waals surface area contributed by atoms with Crippen LogP contribution in [0.2, 0.25) is 0 Å². The van der Waals surface area contributed by atoms with E-state index in [-0.39, 0.29) is 29.9 Å². The zero-order chi connectivity index (χ0) is 19.6. The third-order valence-corrected chi connectivity index (χ3v) is 5.46. The minimum atomic E-state index is 0. The van der Waals surface area contributed by atoms with Gasteiger partial charge in [-0.2, -0.15) is 0 Å². The lowest BCUT2D eigenvalue weighted by molar-refractivity contribution is 0.210. The fourth-order valence-corrected chi connectivity index (χ4v) is 3.98. The van der Waals surface area contributed by atoms with Crippen LogP contribution < -0.4 is 10.6 Å². The number of hydrogen-bond donors (Lipinski definition) is 2. The van der Waals surface area contributed by atoms with Gasteiger partial charge >= 0.3 is 0 Å². The largest absolute Gasteiger partial charge is 0.357 e. The number of nitrogens with one attached hydrogen (secondary N) is 2. The summed E-state index contributed by atoms with van der Waals surface area (Å²) in [5.74, 6) is 1.88. The van der Waals surface area contributed by atoms with Gasteiger partial charge in [0.15, 0.2) is 5.96 Å². The van der Waals surface area contributed by atoms with Crippen molar-refractivity contribution in [2.75, 3.05) is 39.8 Å². The second-order valence-electron chi connectivity index (χ2n) is 7.74. The van der Waals surface area contributed by atoms with Gasteiger partial charge in [0.05, 0.1) is 6.54 Å². The molecule has 1 aliphatic rings. The van der Waals surface area contributed by atoms with Crippen LogP contribution in [0.3, 0.4) is 0 Å². The topological polar surface area (TPSA) is 39.7 Å². The summed E-state index contributed by atoms with van der Waals surface area (Å²) in [6.07, 6.45) is 2.59. The van der Waals surface area contributed by atoms with Gasteiger partial charge in [0.25, 0.3) is 0 Å². The zero-order valence-corrected chi connectivity index (χ0v) is 20.0. The lowest BCUT2D eigenvalue weighted by Crippen LogP contribution is -2.43. The predicted molar refractivity (Wildman–Crippen MR) is 134 cm³/mol. The molecule has 0 saturated carbocycles. The lowest BCUT2D eigenvalue weighted by atomic mass is 9.91. The lowest BCUT2D eigenvalue weighted by Gasteiger charge is -2.30. The first-order valence-corrected chi connectivity index (χ1v) is 10.6. The van der Waals surface area contributed by atoms with E-state index in [1.54, 1.807) is 0 Å². The van der Waals surface area contributed by atoms with Crippen LogP contribution >= 0.6 is 24.0 Å². The van der Waals surface area contributed by atoms with E-state index in [4.69, 9.17) is 4.99 Å². The zero-order valence-electron chi connectivity index (χ0n) is 17.7. The van der Waals surface area contributed by atoms with Crippen molar-refractivity contribution < 1.29 is 0 Å². The molecule has 0 amide bonds. The van der Waals surface area contributed by atoms with E-state index in [0.717, 1.165) is 25.6 Å². The Bertz CT molecular complexity index is 681. The van der Waals surface area contributed by atoms with Gasteiger partial charge < -0.3 is 15.5 Å². The standard InChI is InChI=1S/C24H34N4.HI/c1-3-25-24(26-17-20-11-10-16-28(2)19-20)27-18-23(21-12-6-4-7-13-21)22-14-8-5-9-15-22;/h4-9,12-15,20,23H,3,10-11,16-19H2,1-2H3,(H2,25,26,27);1H. The fourth-order valence-electron chi connectivity index (χ4n) is 3.98. The molecule has 2 aromatic rings. The first-order valence-electron chi connectivity index (χ1n) is 10.6. The molecule has 1 saturated heterocycles. The third-order valence-electron chi connectivity index (χ3n) is 5.46. The van der Waals surface area contributed by atoms with Crippen molar-refractivity contribution in [2.45, 2.75) is 25.7 Å². The molecule has 0 aliphatic carbocycles. The van der Waals surface area contributed by atoms with E-state index in [0.29, 0.717) is 5.92 Å². The fraction of sp³-hybridized carbons (Fsp3) is 0.458. The Kier molecular flexibility index (Phi) is 10.5. The van der Waals surface area contributed by atoms with E-state index < -0.39 is 0 Å². The Morgan fingerprint density at radius 2 is 1.66 bits per heavy atom. The number of likely N-dealkylation sites (tertiary alicyclic amines) is 1. The Morgan fingerprint density at radius 3 is 2.21 bits per heavy atom. The number of halogens is 1. The number of aliphatic imine (C=N–C) groups is 1. The van der Waals surface area contributed by atoms with Crippen LogP contribution in [0.1, 0.15) is 36.8 Å². The summed E-state index contributed by atoms with van der Waals surface area (Å²) in [6, 6.07) is 21.4. The highest BCUT2D eigenvalue weighted by molar-refractivity contribution is 14.0. The normalized spacial score (nSPS) is 17.6. The molecule has 1 fully saturated rings. The second kappa shape index (κ2) is 12.9. The Hall–Kier alpha value is -1.60. The van der Waals surface area contributed by atoms with Crippen molar-refractivity contribution in [2.24, 2.45) is 10.9 Å². The predicted octanol–water partition coefficient (Wildman–Crippen LogP) is 4.33. The first kappa shape index (κ1) is 23.7. The molecule has 5 heteroatoms. The number of piperidine rings is 1. The summed E-state index contributed by atoms with van der Waals surface area (Å²) in [4.78, 5) is 7.38. The Labute approximate surface area is 193 Å². The van der Waals surface area contributed by atoms with Crippen LogP contribution in [0.15, 0.2) is 65.7 Å². The highest BCUT2D eigenvalue weighted by Gasteiger charge is 2.18. The second-order valence-corrected chi connectivity index (χ2v) is 7.74. The van der Waals surface area contributed by atoms with Crippen LogP contribution in [-0.4, -0.2) is 50.6 Å². The summed E-state index contributed by atoms with van der Waals surface area (Å²) >= 11 is 0. The van der Waals surface area contributed by atoms with Crippen molar-refractivity contribution >= 4 is 29.9 Å². The molecule has 2 N–H and O–H groups in total. The summed E-state index contributed by atoms with van der Waals surface area (Å²) < 4.78 is 0. The van der Waals surface area contributed by atoms with Crippen molar-refractivity contribution in [3.05, 3.63) is 71.8 Å². The minimum absolute atomic E-state index is 0. The van der Waals surface area contributed by atoms with Gasteiger partial charge in [-0.3, -0.25) is 4.99 Å². The Balaban J connectivity index is 0.00000300. The first-order chi connectivity index (χ1) is 13.8. The van der Waals surface area contributed by atoms with Crippen LogP contribution in [0.5, 0.6) is 0 Å². The van der Waals surface area contributed by atoms with Gasteiger partial charge in [-0.05, 0) is 50.4 Å². The maximum atomic E-state index is 4.95. The van der Waals surface area contributed by atoms with Crippen molar-refractivity contribution in [3.8, 4) is 0 Å². The van der Waals surface area contributed by atoms with Gasteiger partial charge in [-0.25, -0.2) is 0 Å². The van der Waals surface area contributed by atoms with Crippen LogP contribution in [0.4, 0.5) is 0 Å². The number of guanidine groups is 1. The van der Waals surface area contributed by atoms with Gasteiger partial charge in [0.1, 0.15) is 0 Å². The molecule has 1 heterocycles. The van der Waals surface area contributed by atoms with Gasteiger partial charge in [-0.15, -0.1) is 24.0 Å². The van der Waals surface area contributed by atoms with Gasteiger partial charge in [0.2, 0.25) is 0 Å². The summed E-state index contributed by atoms with van der Waals surface area (Å²) in [6.45, 7) is 7.10. The summed E-state index contributed by atoms with van der Waals surface area (Å²) in [5.41, 5.74) is 2.62. The molecule has 3 rings (SSSR count). The van der Waals surface area contributed by atoms with Crippen LogP contribution in [-0.2, 0) is 0 Å². The molecule has 29 heavy (non-hydrogen) atoms. The monoisotopic (exact) mass is 506 g/mol. The highest BCUT2D eigenvalue weighted by Crippen LogP contribution is 2.24. The van der Waals surface area contributed by atoms with Crippen LogP contribution in [0, 0.1) is 5.92 Å². The van der Waals surface area contributed by atoms with E-state index in [9.17, 15) is 0 Å². The molecular weight excluding hydrogens is 471 g/mol. The smallest absolute Gasteiger partial charge is 0.191 e. The van der Waals surface area contributed by atoms with Gasteiger partial charge in [0, 0.05) is 25.6 Å². The molecule has 0 aromatic heterocycles. The van der Waals surface area contributed by atoms with Crippen LogP contribution in [0.25, 0.3) is 0 Å². The molecular formula is C24H35IN4. The van der Waals surface area contributed by atoms with E-state index in [1.807, 2.05) is 0 Å². The van der Waals surface area contributed by atoms with E-state index in [1.165, 1.54) is 37.1 Å². The van der Waals surface area contributed by atoms with Crippen molar-refractivity contribution in [3.63, 3.8) is 0 Å². The van der Waals surface area contributed by atoms with E-state index in [2.05, 4.69) is 90.2 Å². The van der Waals surface area contributed by atoms with E-state index >= 15 is 0 Å². The average molecular weight is 506 g/mol. The van der Waals surface area contributed by atoms with Crippen molar-refractivity contribution in [1.29, 1.82) is 0 Å². The Morgan fingerprint density at radius 1 is 1.03 bits per heavy atom. The molecule has 2 aromatic carbocycles. The summed E-state index contributed by atoms with van der Waals surface area (Å²) in [5, 5.41) is 7.00. The number of nitrogens with zero attached hydrogens (tertiary/aromatic N) is 2. The molecule has 1 aliphatic heterocycles. The third kappa shape index (κ3) is 7.63. The average Bonchev–Trinajstić information content (AvgIpc) is 2.74. The minimum Gasteiger partial charge on any atom is -0.357 e. The SMILES string of the molecule is CCNC(=NCC(c1ccccc1)c1ccccc1)NCC1CCCN(C)C1.I. The quantitative estimate of drug-likeness (QED) is 0.334.